The Morgan fingerprint density at radius 1 is 1.35 bits per heavy atom. The summed E-state index contributed by atoms with van der Waals surface area (Å²) in [5.41, 5.74) is 0.576. The van der Waals surface area contributed by atoms with Crippen LogP contribution < -0.4 is 16.2 Å². The number of amides is 1. The van der Waals surface area contributed by atoms with Crippen LogP contribution in [0.3, 0.4) is 0 Å². The van der Waals surface area contributed by atoms with E-state index >= 15 is 0 Å². The number of carbonyl (C=O) groups excluding carboxylic acids is 1. The molecule has 2 aromatic rings. The largest absolute Gasteiger partial charge is 0.352 e. The fourth-order valence-corrected chi connectivity index (χ4v) is 2.94. The van der Waals surface area contributed by atoms with Crippen LogP contribution in [0.1, 0.15) is 31.5 Å². The number of rotatable bonds is 5. The fourth-order valence-electron chi connectivity index (χ4n) is 2.94. The Morgan fingerprint density at radius 3 is 3.04 bits per heavy atom. The molecule has 6 nitrogen and oxygen atoms in total. The van der Waals surface area contributed by atoms with E-state index in [1.165, 1.54) is 0 Å². The molecular weight excluding hydrogens is 292 g/mol. The SMILES string of the molecule is O=C(CCCc1nc2ccccc2c(=O)[nH]1)NC1CCCNC1. The van der Waals surface area contributed by atoms with Crippen LogP contribution in [0.5, 0.6) is 0 Å². The Hall–Kier alpha value is -2.21. The maximum atomic E-state index is 12.0. The third kappa shape index (κ3) is 4.16. The van der Waals surface area contributed by atoms with E-state index in [1.54, 1.807) is 6.07 Å². The van der Waals surface area contributed by atoms with Gasteiger partial charge in [0.15, 0.2) is 0 Å². The van der Waals surface area contributed by atoms with Crippen LogP contribution in [0.25, 0.3) is 10.9 Å². The second-order valence-electron chi connectivity index (χ2n) is 5.99. The maximum absolute atomic E-state index is 12.0. The molecule has 1 aromatic heterocycles. The topological polar surface area (TPSA) is 86.9 Å². The van der Waals surface area contributed by atoms with Gasteiger partial charge < -0.3 is 15.6 Å². The number of aromatic amines is 1. The standard InChI is InChI=1S/C17H22N4O2/c22-16(19-12-5-4-10-18-11-12)9-3-8-15-20-14-7-2-1-6-13(14)17(23)21-15/h1-2,6-7,12,18H,3-5,8-11H2,(H,19,22)(H,20,21,23). The van der Waals surface area contributed by atoms with Crippen molar-refractivity contribution in [3.8, 4) is 0 Å². The van der Waals surface area contributed by atoms with Crippen molar-refractivity contribution in [3.05, 3.63) is 40.4 Å². The highest BCUT2D eigenvalue weighted by Gasteiger charge is 2.15. The highest BCUT2D eigenvalue weighted by atomic mass is 16.1. The molecule has 1 fully saturated rings. The van der Waals surface area contributed by atoms with Crippen molar-refractivity contribution >= 4 is 16.8 Å². The number of benzene rings is 1. The molecular formula is C17H22N4O2. The van der Waals surface area contributed by atoms with Crippen LogP contribution >= 0.6 is 0 Å². The van der Waals surface area contributed by atoms with Crippen molar-refractivity contribution < 1.29 is 4.79 Å². The minimum absolute atomic E-state index is 0.0711. The normalized spacial score (nSPS) is 18.0. The van der Waals surface area contributed by atoms with E-state index in [9.17, 15) is 9.59 Å². The predicted octanol–water partition coefficient (Wildman–Crippen LogP) is 1.11. The lowest BCUT2D eigenvalue weighted by molar-refractivity contribution is -0.122. The molecule has 1 saturated heterocycles. The molecule has 2 heterocycles. The van der Waals surface area contributed by atoms with Crippen LogP contribution in [0.4, 0.5) is 0 Å². The minimum Gasteiger partial charge on any atom is -0.352 e. The van der Waals surface area contributed by atoms with Gasteiger partial charge in [-0.05, 0) is 37.9 Å². The van der Waals surface area contributed by atoms with Gasteiger partial charge >= 0.3 is 0 Å². The molecule has 0 saturated carbocycles. The summed E-state index contributed by atoms with van der Waals surface area (Å²) in [6.45, 7) is 1.89. The van der Waals surface area contributed by atoms with Gasteiger partial charge in [-0.2, -0.15) is 0 Å². The molecule has 1 aliphatic rings. The van der Waals surface area contributed by atoms with Gasteiger partial charge in [0.05, 0.1) is 10.9 Å². The number of hydrogen-bond acceptors (Lipinski definition) is 4. The average Bonchev–Trinajstić information content (AvgIpc) is 2.56. The number of carbonyl (C=O) groups is 1. The number of piperidine rings is 1. The van der Waals surface area contributed by atoms with Crippen molar-refractivity contribution in [2.45, 2.75) is 38.1 Å². The first-order valence-electron chi connectivity index (χ1n) is 8.20. The van der Waals surface area contributed by atoms with E-state index in [0.29, 0.717) is 36.0 Å². The molecule has 6 heteroatoms. The summed E-state index contributed by atoms with van der Waals surface area (Å²) < 4.78 is 0. The molecule has 1 atom stereocenters. The number of H-pyrrole nitrogens is 1. The van der Waals surface area contributed by atoms with Crippen LogP contribution in [0, 0.1) is 0 Å². The van der Waals surface area contributed by atoms with Gasteiger partial charge in [-0.1, -0.05) is 12.1 Å². The quantitative estimate of drug-likeness (QED) is 0.772. The molecule has 1 unspecified atom stereocenters. The number of aryl methyl sites for hydroxylation is 1. The monoisotopic (exact) mass is 314 g/mol. The number of para-hydroxylation sites is 1. The zero-order chi connectivity index (χ0) is 16.1. The molecule has 0 bridgehead atoms. The third-order valence-corrected chi connectivity index (χ3v) is 4.14. The first kappa shape index (κ1) is 15.7. The Balaban J connectivity index is 1.52. The smallest absolute Gasteiger partial charge is 0.258 e. The molecule has 0 radical (unpaired) electrons. The van der Waals surface area contributed by atoms with Crippen molar-refractivity contribution in [1.82, 2.24) is 20.6 Å². The second-order valence-corrected chi connectivity index (χ2v) is 5.99. The molecule has 1 aliphatic heterocycles. The number of nitrogens with zero attached hydrogens (tertiary/aromatic N) is 1. The van der Waals surface area contributed by atoms with Gasteiger partial charge in [0.1, 0.15) is 5.82 Å². The number of nitrogens with one attached hydrogen (secondary N) is 3. The lowest BCUT2D eigenvalue weighted by Gasteiger charge is -2.23. The van der Waals surface area contributed by atoms with Crippen LogP contribution in [-0.2, 0) is 11.2 Å². The predicted molar refractivity (Wildman–Crippen MR) is 89.3 cm³/mol. The van der Waals surface area contributed by atoms with Gasteiger partial charge in [0, 0.05) is 25.4 Å². The van der Waals surface area contributed by atoms with Gasteiger partial charge in [0.25, 0.3) is 5.56 Å². The van der Waals surface area contributed by atoms with Gasteiger partial charge in [-0.25, -0.2) is 4.98 Å². The molecule has 0 aliphatic carbocycles. The van der Waals surface area contributed by atoms with Crippen LogP contribution in [0.2, 0.25) is 0 Å². The lowest BCUT2D eigenvalue weighted by Crippen LogP contribution is -2.45. The summed E-state index contributed by atoms with van der Waals surface area (Å²) in [7, 11) is 0. The molecule has 23 heavy (non-hydrogen) atoms. The van der Waals surface area contributed by atoms with E-state index in [-0.39, 0.29) is 17.5 Å². The van der Waals surface area contributed by atoms with Gasteiger partial charge in [-0.15, -0.1) is 0 Å². The van der Waals surface area contributed by atoms with Crippen LogP contribution in [0.15, 0.2) is 29.1 Å². The summed E-state index contributed by atoms with van der Waals surface area (Å²) in [5.74, 6) is 0.711. The molecule has 0 spiro atoms. The summed E-state index contributed by atoms with van der Waals surface area (Å²) in [6.07, 6.45) is 3.86. The summed E-state index contributed by atoms with van der Waals surface area (Å²) in [5, 5.41) is 6.93. The summed E-state index contributed by atoms with van der Waals surface area (Å²) in [4.78, 5) is 31.2. The fraction of sp³-hybridized carbons (Fsp3) is 0.471. The third-order valence-electron chi connectivity index (χ3n) is 4.14. The van der Waals surface area contributed by atoms with Crippen molar-refractivity contribution in [2.75, 3.05) is 13.1 Å². The lowest BCUT2D eigenvalue weighted by atomic mass is 10.1. The number of hydrogen-bond donors (Lipinski definition) is 3. The van der Waals surface area contributed by atoms with Crippen molar-refractivity contribution in [2.24, 2.45) is 0 Å². The zero-order valence-corrected chi connectivity index (χ0v) is 13.1. The highest BCUT2D eigenvalue weighted by Crippen LogP contribution is 2.08. The number of fused-ring (bicyclic) bond motifs is 1. The van der Waals surface area contributed by atoms with E-state index < -0.39 is 0 Å². The van der Waals surface area contributed by atoms with E-state index in [1.807, 2.05) is 18.2 Å². The van der Waals surface area contributed by atoms with Crippen molar-refractivity contribution in [3.63, 3.8) is 0 Å². The van der Waals surface area contributed by atoms with Gasteiger partial charge in [0.2, 0.25) is 5.91 Å². The molecule has 1 aromatic carbocycles. The highest BCUT2D eigenvalue weighted by molar-refractivity contribution is 5.77. The van der Waals surface area contributed by atoms with E-state index in [2.05, 4.69) is 20.6 Å². The number of aromatic nitrogens is 2. The summed E-state index contributed by atoms with van der Waals surface area (Å²) in [6, 6.07) is 7.52. The Kier molecular flexibility index (Phi) is 5.02. The zero-order valence-electron chi connectivity index (χ0n) is 13.1. The van der Waals surface area contributed by atoms with E-state index in [4.69, 9.17) is 0 Å². The van der Waals surface area contributed by atoms with Crippen LogP contribution in [-0.4, -0.2) is 35.0 Å². The summed E-state index contributed by atoms with van der Waals surface area (Å²) >= 11 is 0. The Bertz CT molecular complexity index is 735. The van der Waals surface area contributed by atoms with Gasteiger partial charge in [-0.3, -0.25) is 9.59 Å². The molecule has 3 N–H and O–H groups in total. The first-order chi connectivity index (χ1) is 11.2. The molecule has 3 rings (SSSR count). The van der Waals surface area contributed by atoms with E-state index in [0.717, 1.165) is 25.9 Å². The molecule has 1 amide bonds. The Labute approximate surface area is 134 Å². The average molecular weight is 314 g/mol. The second kappa shape index (κ2) is 7.37. The first-order valence-corrected chi connectivity index (χ1v) is 8.20. The minimum atomic E-state index is -0.122. The van der Waals surface area contributed by atoms with Crippen molar-refractivity contribution in [1.29, 1.82) is 0 Å². The molecule has 122 valence electrons. The maximum Gasteiger partial charge on any atom is 0.258 e. The Morgan fingerprint density at radius 2 is 2.22 bits per heavy atom.